The highest BCUT2D eigenvalue weighted by molar-refractivity contribution is 5.20. The lowest BCUT2D eigenvalue weighted by atomic mass is 10.0. The van der Waals surface area contributed by atoms with Gasteiger partial charge in [-0.05, 0) is 24.6 Å². The number of aryl methyl sites for hydroxylation is 1. The fourth-order valence-corrected chi connectivity index (χ4v) is 2.29. The van der Waals surface area contributed by atoms with E-state index in [2.05, 4.69) is 10.3 Å². The van der Waals surface area contributed by atoms with Gasteiger partial charge in [0.15, 0.2) is 11.6 Å². The van der Waals surface area contributed by atoms with E-state index in [0.717, 1.165) is 18.4 Å². The fraction of sp³-hybridized carbons (Fsp3) is 0.400. The van der Waals surface area contributed by atoms with Gasteiger partial charge in [-0.2, -0.15) is 0 Å². The predicted octanol–water partition coefficient (Wildman–Crippen LogP) is 2.46. The van der Waals surface area contributed by atoms with E-state index in [9.17, 15) is 8.78 Å². The lowest BCUT2D eigenvalue weighted by Gasteiger charge is -2.18. The lowest BCUT2D eigenvalue weighted by molar-refractivity contribution is 0.467. The molecule has 1 unspecified atom stereocenters. The molecule has 1 atom stereocenters. The average Bonchev–Trinajstić information content (AvgIpc) is 2.81. The number of hydrogen-bond acceptors (Lipinski definition) is 2. The summed E-state index contributed by atoms with van der Waals surface area (Å²) < 4.78 is 28.9. The maximum absolute atomic E-state index is 13.7. The molecular formula is C15H19F2N3. The SMILES string of the molecule is CCNC(Cc1cccc(F)c1F)Cc1nccn1C. The molecule has 108 valence electrons. The van der Waals surface area contributed by atoms with Gasteiger partial charge in [0.05, 0.1) is 0 Å². The first-order chi connectivity index (χ1) is 9.61. The van der Waals surface area contributed by atoms with Crippen LogP contribution in [0.15, 0.2) is 30.6 Å². The maximum atomic E-state index is 13.7. The molecule has 0 amide bonds. The number of likely N-dealkylation sites (N-methyl/N-ethyl adjacent to an activating group) is 1. The van der Waals surface area contributed by atoms with Gasteiger partial charge in [-0.25, -0.2) is 13.8 Å². The molecule has 1 aromatic heterocycles. The summed E-state index contributed by atoms with van der Waals surface area (Å²) >= 11 is 0. The van der Waals surface area contributed by atoms with Gasteiger partial charge < -0.3 is 9.88 Å². The van der Waals surface area contributed by atoms with Crippen LogP contribution < -0.4 is 5.32 Å². The number of hydrogen-bond donors (Lipinski definition) is 1. The molecule has 1 heterocycles. The Bertz CT molecular complexity index is 566. The zero-order chi connectivity index (χ0) is 14.5. The Morgan fingerprint density at radius 1 is 1.30 bits per heavy atom. The van der Waals surface area contributed by atoms with Gasteiger partial charge in [-0.3, -0.25) is 0 Å². The number of nitrogens with one attached hydrogen (secondary N) is 1. The molecule has 0 saturated heterocycles. The van der Waals surface area contributed by atoms with Crippen LogP contribution in [0.3, 0.4) is 0 Å². The van der Waals surface area contributed by atoms with Crippen molar-refractivity contribution in [1.29, 1.82) is 0 Å². The summed E-state index contributed by atoms with van der Waals surface area (Å²) in [6.07, 6.45) is 4.72. The van der Waals surface area contributed by atoms with Gasteiger partial charge >= 0.3 is 0 Å². The van der Waals surface area contributed by atoms with Crippen LogP contribution in [0.4, 0.5) is 8.78 Å². The van der Waals surface area contributed by atoms with Crippen molar-refractivity contribution in [2.45, 2.75) is 25.8 Å². The van der Waals surface area contributed by atoms with Crippen LogP contribution in [-0.4, -0.2) is 22.1 Å². The minimum Gasteiger partial charge on any atom is -0.338 e. The molecule has 0 bridgehead atoms. The van der Waals surface area contributed by atoms with Crippen molar-refractivity contribution in [3.63, 3.8) is 0 Å². The first-order valence-corrected chi connectivity index (χ1v) is 6.74. The number of rotatable bonds is 6. The first kappa shape index (κ1) is 14.7. The smallest absolute Gasteiger partial charge is 0.162 e. The van der Waals surface area contributed by atoms with Crippen molar-refractivity contribution in [2.75, 3.05) is 6.54 Å². The van der Waals surface area contributed by atoms with Crippen LogP contribution in [0.1, 0.15) is 18.3 Å². The summed E-state index contributed by atoms with van der Waals surface area (Å²) in [5.41, 5.74) is 0.394. The Kier molecular flexibility index (Phi) is 4.84. The van der Waals surface area contributed by atoms with E-state index in [4.69, 9.17) is 0 Å². The first-order valence-electron chi connectivity index (χ1n) is 6.74. The zero-order valence-electron chi connectivity index (χ0n) is 11.7. The van der Waals surface area contributed by atoms with Crippen molar-refractivity contribution in [2.24, 2.45) is 7.05 Å². The average molecular weight is 279 g/mol. The fourth-order valence-electron chi connectivity index (χ4n) is 2.29. The second-order valence-corrected chi connectivity index (χ2v) is 4.83. The number of benzene rings is 1. The van der Waals surface area contributed by atoms with Crippen molar-refractivity contribution < 1.29 is 8.78 Å². The molecule has 1 N–H and O–H groups in total. The molecule has 0 aliphatic carbocycles. The quantitative estimate of drug-likeness (QED) is 0.880. The molecule has 0 spiro atoms. The van der Waals surface area contributed by atoms with Crippen molar-refractivity contribution >= 4 is 0 Å². The third kappa shape index (κ3) is 3.42. The van der Waals surface area contributed by atoms with Crippen LogP contribution in [0.5, 0.6) is 0 Å². The van der Waals surface area contributed by atoms with Crippen molar-refractivity contribution in [3.05, 3.63) is 53.6 Å². The van der Waals surface area contributed by atoms with E-state index in [1.54, 1.807) is 12.3 Å². The number of aromatic nitrogens is 2. The molecule has 0 aliphatic heterocycles. The second-order valence-electron chi connectivity index (χ2n) is 4.83. The van der Waals surface area contributed by atoms with E-state index < -0.39 is 11.6 Å². The predicted molar refractivity (Wildman–Crippen MR) is 74.4 cm³/mol. The Morgan fingerprint density at radius 2 is 2.10 bits per heavy atom. The van der Waals surface area contributed by atoms with E-state index >= 15 is 0 Å². The lowest BCUT2D eigenvalue weighted by Crippen LogP contribution is -2.34. The molecule has 2 rings (SSSR count). The van der Waals surface area contributed by atoms with E-state index in [-0.39, 0.29) is 6.04 Å². The summed E-state index contributed by atoms with van der Waals surface area (Å²) in [6.45, 7) is 2.76. The van der Waals surface area contributed by atoms with E-state index in [1.807, 2.05) is 24.7 Å². The Hall–Kier alpha value is -1.75. The highest BCUT2D eigenvalue weighted by Crippen LogP contribution is 2.15. The van der Waals surface area contributed by atoms with Gasteiger partial charge in [0.2, 0.25) is 0 Å². The normalized spacial score (nSPS) is 12.6. The molecule has 0 fully saturated rings. The van der Waals surface area contributed by atoms with Crippen molar-refractivity contribution in [1.82, 2.24) is 14.9 Å². The van der Waals surface area contributed by atoms with Gasteiger partial charge in [0, 0.05) is 31.9 Å². The van der Waals surface area contributed by atoms with Gasteiger partial charge in [-0.1, -0.05) is 19.1 Å². The van der Waals surface area contributed by atoms with E-state index in [1.165, 1.54) is 6.07 Å². The molecule has 0 saturated carbocycles. The van der Waals surface area contributed by atoms with Crippen LogP contribution in [-0.2, 0) is 19.9 Å². The Morgan fingerprint density at radius 3 is 2.75 bits per heavy atom. The molecular weight excluding hydrogens is 260 g/mol. The summed E-state index contributed by atoms with van der Waals surface area (Å²) in [4.78, 5) is 4.27. The van der Waals surface area contributed by atoms with Gasteiger partial charge in [0.1, 0.15) is 5.82 Å². The zero-order valence-corrected chi connectivity index (χ0v) is 11.7. The highest BCUT2D eigenvalue weighted by atomic mass is 19.2. The third-order valence-corrected chi connectivity index (χ3v) is 3.34. The van der Waals surface area contributed by atoms with Crippen LogP contribution in [0.2, 0.25) is 0 Å². The van der Waals surface area contributed by atoms with E-state index in [0.29, 0.717) is 18.4 Å². The summed E-state index contributed by atoms with van der Waals surface area (Å²) in [5, 5.41) is 3.30. The molecule has 3 nitrogen and oxygen atoms in total. The second kappa shape index (κ2) is 6.61. The number of imidazole rings is 1. The molecule has 1 aromatic carbocycles. The number of halogens is 2. The monoisotopic (exact) mass is 279 g/mol. The molecule has 5 heteroatoms. The standard InChI is InChI=1S/C15H19F2N3/c1-3-18-12(10-14-19-7-8-20(14)2)9-11-5-4-6-13(16)15(11)17/h4-8,12,18H,3,9-10H2,1-2H3. The van der Waals surface area contributed by atoms with Gasteiger partial charge in [0.25, 0.3) is 0 Å². The van der Waals surface area contributed by atoms with Crippen LogP contribution in [0, 0.1) is 11.6 Å². The molecule has 0 aliphatic rings. The summed E-state index contributed by atoms with van der Waals surface area (Å²) in [5.74, 6) is -0.627. The van der Waals surface area contributed by atoms with Gasteiger partial charge in [-0.15, -0.1) is 0 Å². The van der Waals surface area contributed by atoms with Crippen LogP contribution >= 0.6 is 0 Å². The summed E-state index contributed by atoms with van der Waals surface area (Å²) in [7, 11) is 1.92. The minimum atomic E-state index is -0.797. The number of nitrogens with zero attached hydrogens (tertiary/aromatic N) is 2. The summed E-state index contributed by atoms with van der Waals surface area (Å²) in [6, 6.07) is 4.33. The highest BCUT2D eigenvalue weighted by Gasteiger charge is 2.16. The van der Waals surface area contributed by atoms with Crippen LogP contribution in [0.25, 0.3) is 0 Å². The third-order valence-electron chi connectivity index (χ3n) is 3.34. The topological polar surface area (TPSA) is 29.9 Å². The molecule has 20 heavy (non-hydrogen) atoms. The minimum absolute atomic E-state index is 0.0254. The van der Waals surface area contributed by atoms with Crippen molar-refractivity contribution in [3.8, 4) is 0 Å². The molecule has 0 radical (unpaired) electrons. The Balaban J connectivity index is 2.13. The molecule has 2 aromatic rings. The Labute approximate surface area is 117 Å². The largest absolute Gasteiger partial charge is 0.338 e. The maximum Gasteiger partial charge on any atom is 0.162 e.